The van der Waals surface area contributed by atoms with Crippen molar-refractivity contribution in [3.63, 3.8) is 0 Å². The molecule has 0 saturated carbocycles. The number of nitrogens with zero attached hydrogens (tertiary/aromatic N) is 1. The number of hydrogen-bond acceptors (Lipinski definition) is 3. The minimum Gasteiger partial charge on any atom is -0.469 e. The molecule has 2 unspecified atom stereocenters. The third kappa shape index (κ3) is 3.53. The predicted octanol–water partition coefficient (Wildman–Crippen LogP) is 2.94. The summed E-state index contributed by atoms with van der Waals surface area (Å²) in [6.45, 7) is 3.68. The summed E-state index contributed by atoms with van der Waals surface area (Å²) in [5, 5.41) is 0. The van der Waals surface area contributed by atoms with Gasteiger partial charge in [0.05, 0.1) is 13.0 Å². The molecule has 0 bridgehead atoms. The molecular formula is C15H22FNO2. The lowest BCUT2D eigenvalue weighted by Crippen LogP contribution is -2.32. The van der Waals surface area contributed by atoms with Crippen molar-refractivity contribution in [2.45, 2.75) is 26.3 Å². The summed E-state index contributed by atoms with van der Waals surface area (Å²) in [5.41, 5.74) is 1.52. The number of carbonyl (C=O) groups is 1. The zero-order valence-electron chi connectivity index (χ0n) is 12.2. The van der Waals surface area contributed by atoms with Gasteiger partial charge in [-0.2, -0.15) is 0 Å². The van der Waals surface area contributed by atoms with Crippen LogP contribution in [0, 0.1) is 18.7 Å². The first-order chi connectivity index (χ1) is 8.92. The molecule has 0 aromatic heterocycles. The monoisotopic (exact) mass is 267 g/mol. The summed E-state index contributed by atoms with van der Waals surface area (Å²) in [7, 11) is 5.22. The van der Waals surface area contributed by atoms with Crippen molar-refractivity contribution in [2.24, 2.45) is 5.92 Å². The molecule has 19 heavy (non-hydrogen) atoms. The molecule has 0 N–H and O–H groups in total. The van der Waals surface area contributed by atoms with Gasteiger partial charge in [-0.15, -0.1) is 0 Å². The van der Waals surface area contributed by atoms with Gasteiger partial charge in [-0.3, -0.25) is 4.79 Å². The summed E-state index contributed by atoms with van der Waals surface area (Å²) in [6, 6.07) is 4.87. The molecule has 0 aliphatic carbocycles. The van der Waals surface area contributed by atoms with Gasteiger partial charge in [0, 0.05) is 6.04 Å². The van der Waals surface area contributed by atoms with Gasteiger partial charge in [0.1, 0.15) is 5.82 Å². The number of esters is 1. The highest BCUT2D eigenvalue weighted by atomic mass is 19.1. The smallest absolute Gasteiger partial charge is 0.310 e. The van der Waals surface area contributed by atoms with Gasteiger partial charge in [0.2, 0.25) is 0 Å². The van der Waals surface area contributed by atoms with E-state index in [9.17, 15) is 9.18 Å². The molecule has 1 aromatic carbocycles. The van der Waals surface area contributed by atoms with E-state index in [1.807, 2.05) is 25.9 Å². The van der Waals surface area contributed by atoms with E-state index in [2.05, 4.69) is 0 Å². The highest BCUT2D eigenvalue weighted by Crippen LogP contribution is 2.31. The van der Waals surface area contributed by atoms with E-state index in [-0.39, 0.29) is 23.7 Å². The van der Waals surface area contributed by atoms with Crippen LogP contribution in [0.1, 0.15) is 30.5 Å². The van der Waals surface area contributed by atoms with Gasteiger partial charge in [0.15, 0.2) is 0 Å². The second kappa shape index (κ2) is 6.66. The second-order valence-electron chi connectivity index (χ2n) is 4.95. The zero-order chi connectivity index (χ0) is 14.6. The van der Waals surface area contributed by atoms with Crippen LogP contribution in [0.3, 0.4) is 0 Å². The van der Waals surface area contributed by atoms with Crippen LogP contribution in [0.5, 0.6) is 0 Å². The normalized spacial score (nSPS) is 14.3. The molecule has 0 radical (unpaired) electrons. The number of methoxy groups -OCH3 is 1. The Morgan fingerprint density at radius 1 is 1.42 bits per heavy atom. The van der Waals surface area contributed by atoms with Crippen LogP contribution in [-0.4, -0.2) is 32.1 Å². The number of rotatable bonds is 5. The van der Waals surface area contributed by atoms with Crippen molar-refractivity contribution in [1.82, 2.24) is 4.90 Å². The number of benzene rings is 1. The van der Waals surface area contributed by atoms with E-state index in [0.29, 0.717) is 12.0 Å². The van der Waals surface area contributed by atoms with Crippen molar-refractivity contribution in [2.75, 3.05) is 21.2 Å². The summed E-state index contributed by atoms with van der Waals surface area (Å²) < 4.78 is 18.2. The van der Waals surface area contributed by atoms with E-state index in [4.69, 9.17) is 4.74 Å². The van der Waals surface area contributed by atoms with E-state index in [1.165, 1.54) is 13.2 Å². The van der Waals surface area contributed by atoms with Crippen LogP contribution in [0.25, 0.3) is 0 Å². The fourth-order valence-corrected chi connectivity index (χ4v) is 2.41. The molecule has 106 valence electrons. The van der Waals surface area contributed by atoms with Crippen LogP contribution >= 0.6 is 0 Å². The number of halogens is 1. The van der Waals surface area contributed by atoms with Crippen molar-refractivity contribution in [1.29, 1.82) is 0 Å². The van der Waals surface area contributed by atoms with Gasteiger partial charge < -0.3 is 9.64 Å². The van der Waals surface area contributed by atoms with Crippen LogP contribution in [0.2, 0.25) is 0 Å². The van der Waals surface area contributed by atoms with Gasteiger partial charge in [0.25, 0.3) is 0 Å². The van der Waals surface area contributed by atoms with E-state index < -0.39 is 0 Å². The van der Waals surface area contributed by atoms with Crippen LogP contribution in [-0.2, 0) is 9.53 Å². The number of hydrogen-bond donors (Lipinski definition) is 0. The third-order valence-electron chi connectivity index (χ3n) is 3.40. The first-order valence-corrected chi connectivity index (χ1v) is 6.42. The molecule has 2 atom stereocenters. The van der Waals surface area contributed by atoms with Gasteiger partial charge in [-0.25, -0.2) is 4.39 Å². The van der Waals surface area contributed by atoms with Crippen molar-refractivity contribution >= 4 is 5.97 Å². The second-order valence-corrected chi connectivity index (χ2v) is 4.95. The Labute approximate surface area is 114 Å². The maximum Gasteiger partial charge on any atom is 0.310 e. The Hall–Kier alpha value is -1.42. The van der Waals surface area contributed by atoms with Crippen molar-refractivity contribution in [3.8, 4) is 0 Å². The Kier molecular flexibility index (Phi) is 5.48. The van der Waals surface area contributed by atoms with Gasteiger partial charge >= 0.3 is 5.97 Å². The molecule has 0 aliphatic rings. The van der Waals surface area contributed by atoms with E-state index in [0.717, 1.165) is 5.56 Å². The zero-order valence-corrected chi connectivity index (χ0v) is 12.2. The maximum absolute atomic E-state index is 13.4. The molecule has 0 saturated heterocycles. The number of ether oxygens (including phenoxy) is 1. The molecule has 0 fully saturated rings. The Bertz CT molecular complexity index is 446. The lowest BCUT2D eigenvalue weighted by Gasteiger charge is -2.30. The predicted molar refractivity (Wildman–Crippen MR) is 73.4 cm³/mol. The average molecular weight is 267 g/mol. The largest absolute Gasteiger partial charge is 0.469 e. The van der Waals surface area contributed by atoms with E-state index >= 15 is 0 Å². The SMILES string of the molecule is CCC(C(=O)OC)C(c1ccc(F)c(C)c1)N(C)C. The molecule has 0 amide bonds. The number of carbonyl (C=O) groups excluding carboxylic acids is 1. The van der Waals surface area contributed by atoms with Crippen LogP contribution in [0.15, 0.2) is 18.2 Å². The quantitative estimate of drug-likeness (QED) is 0.768. The summed E-state index contributed by atoms with van der Waals surface area (Å²) in [4.78, 5) is 13.9. The van der Waals surface area contributed by atoms with Crippen molar-refractivity contribution in [3.05, 3.63) is 35.1 Å². The first kappa shape index (κ1) is 15.6. The molecule has 3 nitrogen and oxygen atoms in total. The highest BCUT2D eigenvalue weighted by Gasteiger charge is 2.30. The number of aryl methyl sites for hydroxylation is 1. The topological polar surface area (TPSA) is 29.5 Å². The Morgan fingerprint density at radius 2 is 2.05 bits per heavy atom. The van der Waals surface area contributed by atoms with Crippen LogP contribution < -0.4 is 0 Å². The minimum absolute atomic E-state index is 0.114. The molecule has 0 heterocycles. The summed E-state index contributed by atoms with van der Waals surface area (Å²) in [6.07, 6.45) is 0.673. The lowest BCUT2D eigenvalue weighted by atomic mass is 9.89. The fourth-order valence-electron chi connectivity index (χ4n) is 2.41. The standard InChI is InChI=1S/C15H22FNO2/c1-6-12(15(18)19-5)14(17(3)4)11-7-8-13(16)10(2)9-11/h7-9,12,14H,6H2,1-5H3. The Morgan fingerprint density at radius 3 is 2.47 bits per heavy atom. The third-order valence-corrected chi connectivity index (χ3v) is 3.40. The fraction of sp³-hybridized carbons (Fsp3) is 0.533. The average Bonchev–Trinajstić information content (AvgIpc) is 2.38. The van der Waals surface area contributed by atoms with Gasteiger partial charge in [-0.05, 0) is 44.6 Å². The van der Waals surface area contributed by atoms with Gasteiger partial charge in [-0.1, -0.05) is 19.1 Å². The Balaban J connectivity index is 3.18. The molecule has 0 aliphatic heterocycles. The van der Waals surface area contributed by atoms with Crippen molar-refractivity contribution < 1.29 is 13.9 Å². The van der Waals surface area contributed by atoms with E-state index in [1.54, 1.807) is 19.1 Å². The lowest BCUT2D eigenvalue weighted by molar-refractivity contribution is -0.148. The van der Waals surface area contributed by atoms with Crippen LogP contribution in [0.4, 0.5) is 4.39 Å². The molecule has 1 rings (SSSR count). The molecule has 0 spiro atoms. The molecular weight excluding hydrogens is 245 g/mol. The summed E-state index contributed by atoms with van der Waals surface area (Å²) in [5.74, 6) is -0.722. The minimum atomic E-state index is -0.259. The highest BCUT2D eigenvalue weighted by molar-refractivity contribution is 5.73. The molecule has 1 aromatic rings. The maximum atomic E-state index is 13.4. The summed E-state index contributed by atoms with van der Waals surface area (Å²) >= 11 is 0. The molecule has 4 heteroatoms. The first-order valence-electron chi connectivity index (χ1n) is 6.42.